The highest BCUT2D eigenvalue weighted by Gasteiger charge is 2.28. The minimum atomic E-state index is -3.80. The third-order valence-corrected chi connectivity index (χ3v) is 9.27. The number of carbonyl (C=O) groups is 1. The molecule has 1 amide bonds. The molecule has 0 bridgehead atoms. The maximum atomic E-state index is 13.7. The topological polar surface area (TPSA) is 108 Å². The minimum Gasteiger partial charge on any atom is -0.497 e. The second-order valence-corrected chi connectivity index (χ2v) is 11.7. The first kappa shape index (κ1) is 28.4. The molecule has 1 atom stereocenters. The van der Waals surface area contributed by atoms with Crippen molar-refractivity contribution in [1.82, 2.24) is 9.29 Å². The summed E-state index contributed by atoms with van der Waals surface area (Å²) in [6, 6.07) is 11.6. The molecule has 1 saturated heterocycles. The standard InChI is InChI=1S/C26H33N3O7S2/c1-33-15-12-28(13-16-34-2)38(31,32)22-9-6-19(7-10-22)25(30)29(18-21-5-4-14-36-21)26-27-23-17-20(35-3)8-11-24(23)37-26/h6-11,17,21H,4-5,12-16,18H2,1-3H3. The van der Waals surface area contributed by atoms with E-state index in [9.17, 15) is 13.2 Å². The van der Waals surface area contributed by atoms with Gasteiger partial charge in [-0.05, 0) is 49.2 Å². The predicted molar refractivity (Wildman–Crippen MR) is 146 cm³/mol. The molecule has 1 unspecified atom stereocenters. The zero-order valence-electron chi connectivity index (χ0n) is 21.8. The first-order chi connectivity index (χ1) is 18.4. The Hall–Kier alpha value is -2.61. The lowest BCUT2D eigenvalue weighted by Crippen LogP contribution is -2.38. The molecule has 1 aromatic heterocycles. The van der Waals surface area contributed by atoms with Gasteiger partial charge in [-0.15, -0.1) is 0 Å². The van der Waals surface area contributed by atoms with Crippen LogP contribution in [0.2, 0.25) is 0 Å². The number of benzene rings is 2. The van der Waals surface area contributed by atoms with E-state index in [-0.39, 0.29) is 43.2 Å². The lowest BCUT2D eigenvalue weighted by molar-refractivity contribution is 0.0917. The molecule has 3 aromatic rings. The Morgan fingerprint density at radius 1 is 1.08 bits per heavy atom. The fraction of sp³-hybridized carbons (Fsp3) is 0.462. The van der Waals surface area contributed by atoms with Crippen molar-refractivity contribution in [3.05, 3.63) is 48.0 Å². The van der Waals surface area contributed by atoms with Gasteiger partial charge in [0.05, 0.1) is 48.1 Å². The summed E-state index contributed by atoms with van der Waals surface area (Å²) in [5.41, 5.74) is 1.10. The molecule has 1 fully saturated rings. The van der Waals surface area contributed by atoms with Gasteiger partial charge in [0.2, 0.25) is 10.0 Å². The van der Waals surface area contributed by atoms with Crippen molar-refractivity contribution in [1.29, 1.82) is 0 Å². The van der Waals surface area contributed by atoms with E-state index in [1.165, 1.54) is 42.0 Å². The Morgan fingerprint density at radius 2 is 1.79 bits per heavy atom. The van der Waals surface area contributed by atoms with Crippen LogP contribution in [0.25, 0.3) is 10.2 Å². The van der Waals surface area contributed by atoms with Crippen LogP contribution in [0, 0.1) is 0 Å². The molecule has 0 N–H and O–H groups in total. The number of hydrogen-bond acceptors (Lipinski definition) is 9. The van der Waals surface area contributed by atoms with Gasteiger partial charge in [0.15, 0.2) is 5.13 Å². The molecule has 38 heavy (non-hydrogen) atoms. The van der Waals surface area contributed by atoms with Crippen molar-refractivity contribution in [3.63, 3.8) is 0 Å². The summed E-state index contributed by atoms with van der Waals surface area (Å²) >= 11 is 1.41. The third kappa shape index (κ3) is 6.50. The SMILES string of the molecule is COCCN(CCOC)S(=O)(=O)c1ccc(C(=O)N(CC2CCCO2)c2nc3cc(OC)ccc3s2)cc1. The first-order valence-corrected chi connectivity index (χ1v) is 14.6. The van der Waals surface area contributed by atoms with Crippen LogP contribution in [-0.4, -0.2) is 90.5 Å². The number of aromatic nitrogens is 1. The molecule has 12 heteroatoms. The van der Waals surface area contributed by atoms with Crippen LogP contribution >= 0.6 is 11.3 Å². The smallest absolute Gasteiger partial charge is 0.260 e. The van der Waals surface area contributed by atoms with Crippen molar-refractivity contribution in [3.8, 4) is 5.75 Å². The van der Waals surface area contributed by atoms with Crippen LogP contribution in [0.5, 0.6) is 5.75 Å². The highest BCUT2D eigenvalue weighted by atomic mass is 32.2. The number of carbonyl (C=O) groups excluding carboxylic acids is 1. The highest BCUT2D eigenvalue weighted by molar-refractivity contribution is 7.89. The molecule has 0 spiro atoms. The van der Waals surface area contributed by atoms with Crippen LogP contribution in [0.4, 0.5) is 5.13 Å². The number of fused-ring (bicyclic) bond motifs is 1. The fourth-order valence-corrected chi connectivity index (χ4v) is 6.55. The lowest BCUT2D eigenvalue weighted by Gasteiger charge is -2.24. The Labute approximate surface area is 227 Å². The van der Waals surface area contributed by atoms with Gasteiger partial charge in [-0.1, -0.05) is 11.3 Å². The molecule has 2 aromatic carbocycles. The summed E-state index contributed by atoms with van der Waals surface area (Å²) in [5, 5.41) is 0.552. The Kier molecular flexibility index (Phi) is 9.69. The molecule has 4 rings (SSSR count). The van der Waals surface area contributed by atoms with Crippen molar-refractivity contribution in [2.24, 2.45) is 0 Å². The Bertz CT molecular complexity index is 1310. The van der Waals surface area contributed by atoms with E-state index in [1.54, 1.807) is 24.1 Å². The van der Waals surface area contributed by atoms with Crippen LogP contribution in [0.15, 0.2) is 47.4 Å². The number of hydrogen-bond donors (Lipinski definition) is 0. The second kappa shape index (κ2) is 13.0. The zero-order chi connectivity index (χ0) is 27.1. The number of anilines is 1. The Balaban J connectivity index is 1.61. The van der Waals surface area contributed by atoms with E-state index in [4.69, 9.17) is 23.9 Å². The predicted octanol–water partition coefficient (Wildman–Crippen LogP) is 3.41. The quantitative estimate of drug-likeness (QED) is 0.311. The normalized spacial score (nSPS) is 15.8. The minimum absolute atomic E-state index is 0.0877. The van der Waals surface area contributed by atoms with E-state index < -0.39 is 10.0 Å². The highest BCUT2D eigenvalue weighted by Crippen LogP contribution is 2.33. The van der Waals surface area contributed by atoms with Gasteiger partial charge >= 0.3 is 0 Å². The number of thiazole rings is 1. The first-order valence-electron chi connectivity index (χ1n) is 12.3. The largest absolute Gasteiger partial charge is 0.497 e. The number of amides is 1. The lowest BCUT2D eigenvalue weighted by atomic mass is 10.2. The van der Waals surface area contributed by atoms with Crippen molar-refractivity contribution in [2.45, 2.75) is 23.8 Å². The van der Waals surface area contributed by atoms with Crippen LogP contribution in [0.3, 0.4) is 0 Å². The van der Waals surface area contributed by atoms with Gasteiger partial charge in [-0.25, -0.2) is 13.4 Å². The second-order valence-electron chi connectivity index (χ2n) is 8.79. The van der Waals surface area contributed by atoms with Crippen molar-refractivity contribution < 1.29 is 32.2 Å². The molecular weight excluding hydrogens is 530 g/mol. The number of rotatable bonds is 13. The van der Waals surface area contributed by atoms with Gasteiger partial charge in [-0.2, -0.15) is 4.31 Å². The maximum Gasteiger partial charge on any atom is 0.260 e. The summed E-state index contributed by atoms with van der Waals surface area (Å²) in [4.78, 5) is 20.2. The molecule has 206 valence electrons. The molecule has 1 aliphatic heterocycles. The van der Waals surface area contributed by atoms with Crippen LogP contribution in [0.1, 0.15) is 23.2 Å². The monoisotopic (exact) mass is 563 g/mol. The molecule has 2 heterocycles. The summed E-state index contributed by atoms with van der Waals surface area (Å²) in [6.45, 7) is 1.93. The van der Waals surface area contributed by atoms with E-state index in [0.717, 1.165) is 23.1 Å². The van der Waals surface area contributed by atoms with Crippen molar-refractivity contribution >= 4 is 42.6 Å². The van der Waals surface area contributed by atoms with E-state index in [2.05, 4.69) is 0 Å². The van der Waals surface area contributed by atoms with Crippen LogP contribution in [-0.2, 0) is 24.2 Å². The van der Waals surface area contributed by atoms with Gasteiger partial charge in [-0.3, -0.25) is 9.69 Å². The fourth-order valence-electron chi connectivity index (χ4n) is 4.19. The molecule has 0 saturated carbocycles. The maximum absolute atomic E-state index is 13.7. The molecular formula is C26H33N3O7S2. The summed E-state index contributed by atoms with van der Waals surface area (Å²) in [5.74, 6) is 0.416. The zero-order valence-corrected chi connectivity index (χ0v) is 23.4. The molecule has 0 aliphatic carbocycles. The van der Waals surface area contributed by atoms with Gasteiger partial charge in [0, 0.05) is 45.5 Å². The number of methoxy groups -OCH3 is 3. The summed E-state index contributed by atoms with van der Waals surface area (Å²) in [7, 11) is 0.840. The summed E-state index contributed by atoms with van der Waals surface area (Å²) < 4.78 is 50.0. The molecule has 10 nitrogen and oxygen atoms in total. The van der Waals surface area contributed by atoms with Gasteiger partial charge < -0.3 is 18.9 Å². The van der Waals surface area contributed by atoms with Crippen LogP contribution < -0.4 is 9.64 Å². The van der Waals surface area contributed by atoms with E-state index in [0.29, 0.717) is 29.6 Å². The van der Waals surface area contributed by atoms with Gasteiger partial charge in [0.1, 0.15) is 5.75 Å². The number of nitrogens with zero attached hydrogens (tertiary/aromatic N) is 3. The van der Waals surface area contributed by atoms with E-state index in [1.807, 2.05) is 18.2 Å². The number of sulfonamides is 1. The van der Waals surface area contributed by atoms with Crippen molar-refractivity contribution in [2.75, 3.05) is 65.7 Å². The summed E-state index contributed by atoms with van der Waals surface area (Å²) in [6.07, 6.45) is 1.72. The molecule has 1 aliphatic rings. The average Bonchev–Trinajstić information content (AvgIpc) is 3.60. The van der Waals surface area contributed by atoms with E-state index >= 15 is 0 Å². The number of ether oxygens (including phenoxy) is 4. The third-order valence-electron chi connectivity index (χ3n) is 6.30. The van der Waals surface area contributed by atoms with Gasteiger partial charge in [0.25, 0.3) is 5.91 Å². The molecule has 0 radical (unpaired) electrons. The Morgan fingerprint density at radius 3 is 2.39 bits per heavy atom. The average molecular weight is 564 g/mol.